The summed E-state index contributed by atoms with van der Waals surface area (Å²) in [7, 11) is 1.25. The summed E-state index contributed by atoms with van der Waals surface area (Å²) >= 11 is 5.83. The number of nitrogens with one attached hydrogen (secondary N) is 3. The van der Waals surface area contributed by atoms with Gasteiger partial charge in [0.25, 0.3) is 0 Å². The lowest BCUT2D eigenvalue weighted by Gasteiger charge is -2.36. The van der Waals surface area contributed by atoms with Gasteiger partial charge in [0.1, 0.15) is 17.7 Å². The van der Waals surface area contributed by atoms with Gasteiger partial charge in [0, 0.05) is 30.6 Å². The SMILES string of the molecule is COC(=O)Nc1ccc2c(c1)NC(=O)CCCCC(N1CCC(c3c(F)ccc(Cl)c3F)OC1=O)c1ncc-2[nH]1. The monoisotopic (exact) mass is 573 g/mol. The van der Waals surface area contributed by atoms with Crippen LogP contribution in [0.25, 0.3) is 11.3 Å². The molecule has 3 heterocycles. The summed E-state index contributed by atoms with van der Waals surface area (Å²) in [4.78, 5) is 46.8. The van der Waals surface area contributed by atoms with Crippen molar-refractivity contribution in [2.24, 2.45) is 0 Å². The molecule has 0 aliphatic carbocycles. The van der Waals surface area contributed by atoms with Crippen molar-refractivity contribution in [2.75, 3.05) is 24.3 Å². The number of hydrogen-bond donors (Lipinski definition) is 3. The Kier molecular flexibility index (Phi) is 7.88. The molecule has 2 aliphatic rings. The molecule has 5 rings (SSSR count). The predicted molar refractivity (Wildman–Crippen MR) is 142 cm³/mol. The topological polar surface area (TPSA) is 126 Å². The number of hydrogen-bond acceptors (Lipinski definition) is 6. The molecule has 1 saturated heterocycles. The van der Waals surface area contributed by atoms with Crippen LogP contribution in [0.1, 0.15) is 55.6 Å². The molecule has 13 heteroatoms. The van der Waals surface area contributed by atoms with Gasteiger partial charge in [-0.25, -0.2) is 23.4 Å². The van der Waals surface area contributed by atoms with Crippen LogP contribution < -0.4 is 10.6 Å². The summed E-state index contributed by atoms with van der Waals surface area (Å²) in [5.74, 6) is -1.49. The van der Waals surface area contributed by atoms with E-state index in [-0.39, 0.29) is 35.9 Å². The summed E-state index contributed by atoms with van der Waals surface area (Å²) in [6, 6.07) is 6.61. The Morgan fingerprint density at radius 3 is 2.80 bits per heavy atom. The molecule has 40 heavy (non-hydrogen) atoms. The molecule has 10 nitrogen and oxygen atoms in total. The van der Waals surface area contributed by atoms with Crippen molar-refractivity contribution in [1.29, 1.82) is 0 Å². The van der Waals surface area contributed by atoms with Gasteiger partial charge in [-0.1, -0.05) is 18.0 Å². The minimum absolute atomic E-state index is 0.144. The van der Waals surface area contributed by atoms with Gasteiger partial charge in [0.05, 0.1) is 41.3 Å². The Bertz CT molecular complexity index is 1470. The summed E-state index contributed by atoms with van der Waals surface area (Å²) in [5.41, 5.74) is 1.70. The molecule has 210 valence electrons. The molecule has 0 radical (unpaired) electrons. The van der Waals surface area contributed by atoms with Crippen LogP contribution in [0, 0.1) is 11.6 Å². The number of cyclic esters (lactones) is 1. The normalized spacial score (nSPS) is 19.4. The predicted octanol–water partition coefficient (Wildman–Crippen LogP) is 6.32. The number of imidazole rings is 1. The second-order valence-corrected chi connectivity index (χ2v) is 9.89. The van der Waals surface area contributed by atoms with E-state index in [1.54, 1.807) is 24.4 Å². The number of halogens is 3. The number of anilines is 2. The highest BCUT2D eigenvalue weighted by Gasteiger charge is 2.37. The van der Waals surface area contributed by atoms with Gasteiger partial charge in [-0.15, -0.1) is 0 Å². The van der Waals surface area contributed by atoms with E-state index in [1.165, 1.54) is 12.0 Å². The molecule has 1 aromatic heterocycles. The number of aromatic nitrogens is 2. The lowest BCUT2D eigenvalue weighted by Crippen LogP contribution is -2.42. The van der Waals surface area contributed by atoms with Crippen molar-refractivity contribution in [3.8, 4) is 11.3 Å². The molecule has 2 unspecified atom stereocenters. The van der Waals surface area contributed by atoms with Crippen LogP contribution in [0.2, 0.25) is 5.02 Å². The molecule has 3 N–H and O–H groups in total. The number of amides is 3. The minimum Gasteiger partial charge on any atom is -0.453 e. The van der Waals surface area contributed by atoms with Crippen LogP contribution >= 0.6 is 11.6 Å². The van der Waals surface area contributed by atoms with Gasteiger partial charge < -0.3 is 19.8 Å². The molecule has 2 atom stereocenters. The molecule has 3 aromatic rings. The zero-order chi connectivity index (χ0) is 28.4. The van der Waals surface area contributed by atoms with Crippen LogP contribution in [0.3, 0.4) is 0 Å². The molecule has 3 amide bonds. The molecule has 2 bridgehead atoms. The van der Waals surface area contributed by atoms with Crippen molar-refractivity contribution in [1.82, 2.24) is 14.9 Å². The standard InChI is InChI=1S/C27H26ClF2N5O5/c1-39-26(37)32-14-6-7-15-18(12-14)33-22(36)5-3-2-4-20(25-31-13-19(15)34-25)35-11-10-21(40-27(35)38)23-17(29)9-8-16(28)24(23)30/h6-9,12-13,20-21H,2-5,10-11H2,1H3,(H,31,34)(H,32,37)(H,33,36). The Labute approximate surface area is 233 Å². The summed E-state index contributed by atoms with van der Waals surface area (Å²) in [6.45, 7) is 0.162. The van der Waals surface area contributed by atoms with Gasteiger partial charge in [0.15, 0.2) is 5.82 Å². The number of nitrogens with zero attached hydrogens (tertiary/aromatic N) is 2. The van der Waals surface area contributed by atoms with E-state index >= 15 is 0 Å². The number of rotatable bonds is 3. The largest absolute Gasteiger partial charge is 0.453 e. The van der Waals surface area contributed by atoms with Crippen LogP contribution in [0.15, 0.2) is 36.5 Å². The van der Waals surface area contributed by atoms with Crippen LogP contribution in [0.5, 0.6) is 0 Å². The third-order valence-electron chi connectivity index (χ3n) is 6.95. The highest BCUT2D eigenvalue weighted by molar-refractivity contribution is 6.30. The molecule has 0 spiro atoms. The average Bonchev–Trinajstić information content (AvgIpc) is 3.41. The summed E-state index contributed by atoms with van der Waals surface area (Å²) in [6.07, 6.45) is 1.08. The fourth-order valence-corrected chi connectivity index (χ4v) is 5.13. The number of benzene rings is 2. The van der Waals surface area contributed by atoms with E-state index in [9.17, 15) is 23.2 Å². The Balaban J connectivity index is 1.43. The third-order valence-corrected chi connectivity index (χ3v) is 7.24. The van der Waals surface area contributed by atoms with Crippen molar-refractivity contribution in [2.45, 2.75) is 44.2 Å². The van der Waals surface area contributed by atoms with E-state index < -0.39 is 36.0 Å². The number of carbonyl (C=O) groups is 3. The van der Waals surface area contributed by atoms with E-state index in [0.29, 0.717) is 47.7 Å². The minimum atomic E-state index is -1.12. The molecule has 0 saturated carbocycles. The lowest BCUT2D eigenvalue weighted by atomic mass is 10.0. The van der Waals surface area contributed by atoms with Crippen molar-refractivity contribution in [3.63, 3.8) is 0 Å². The summed E-state index contributed by atoms with van der Waals surface area (Å²) < 4.78 is 39.2. The number of fused-ring (bicyclic) bond motifs is 4. The molecular formula is C27H26ClF2N5O5. The molecular weight excluding hydrogens is 548 g/mol. The van der Waals surface area contributed by atoms with E-state index in [0.717, 1.165) is 12.1 Å². The maximum Gasteiger partial charge on any atom is 0.411 e. The number of H-pyrrole nitrogens is 1. The number of carbonyl (C=O) groups excluding carboxylic acids is 3. The zero-order valence-corrected chi connectivity index (χ0v) is 22.2. The van der Waals surface area contributed by atoms with Crippen molar-refractivity contribution >= 4 is 41.1 Å². The molecule has 1 fully saturated rings. The third kappa shape index (κ3) is 5.57. The van der Waals surface area contributed by atoms with Crippen LogP contribution in [-0.2, 0) is 14.3 Å². The summed E-state index contributed by atoms with van der Waals surface area (Å²) in [5, 5.41) is 5.21. The second-order valence-electron chi connectivity index (χ2n) is 9.48. The fourth-order valence-electron chi connectivity index (χ4n) is 4.97. The number of aromatic amines is 1. The second kappa shape index (κ2) is 11.5. The number of methoxy groups -OCH3 is 1. The Morgan fingerprint density at radius 2 is 2.02 bits per heavy atom. The van der Waals surface area contributed by atoms with Crippen LogP contribution in [0.4, 0.5) is 29.7 Å². The first kappa shape index (κ1) is 27.4. The highest BCUT2D eigenvalue weighted by atomic mass is 35.5. The lowest BCUT2D eigenvalue weighted by molar-refractivity contribution is -0.116. The van der Waals surface area contributed by atoms with Crippen molar-refractivity contribution < 1.29 is 32.6 Å². The van der Waals surface area contributed by atoms with E-state index in [4.69, 9.17) is 16.3 Å². The van der Waals surface area contributed by atoms with Crippen LogP contribution in [-0.4, -0.2) is 46.6 Å². The Morgan fingerprint density at radius 1 is 1.20 bits per heavy atom. The number of ether oxygens (including phenoxy) is 2. The van der Waals surface area contributed by atoms with E-state index in [2.05, 4.69) is 25.3 Å². The molecule has 2 aliphatic heterocycles. The molecule has 2 aromatic carbocycles. The smallest absolute Gasteiger partial charge is 0.411 e. The van der Waals surface area contributed by atoms with Gasteiger partial charge in [-0.05, 0) is 43.2 Å². The maximum absolute atomic E-state index is 14.6. The van der Waals surface area contributed by atoms with E-state index in [1.807, 2.05) is 0 Å². The first-order chi connectivity index (χ1) is 19.2. The highest BCUT2D eigenvalue weighted by Crippen LogP contribution is 2.38. The fraction of sp³-hybridized carbons (Fsp3) is 0.333. The van der Waals surface area contributed by atoms with Gasteiger partial charge in [0.2, 0.25) is 5.91 Å². The van der Waals surface area contributed by atoms with Gasteiger partial charge in [-0.2, -0.15) is 0 Å². The first-order valence-electron chi connectivity index (χ1n) is 12.7. The quantitative estimate of drug-likeness (QED) is 0.315. The Hall–Kier alpha value is -4.19. The van der Waals surface area contributed by atoms with Gasteiger partial charge in [-0.3, -0.25) is 15.0 Å². The van der Waals surface area contributed by atoms with Crippen molar-refractivity contribution in [3.05, 3.63) is 64.6 Å². The maximum atomic E-state index is 14.6. The zero-order valence-electron chi connectivity index (χ0n) is 21.4. The van der Waals surface area contributed by atoms with Gasteiger partial charge >= 0.3 is 12.2 Å². The first-order valence-corrected chi connectivity index (χ1v) is 13.1. The average molecular weight is 574 g/mol.